The van der Waals surface area contributed by atoms with Crippen LogP contribution in [-0.2, 0) is 19.1 Å². The molecule has 1 aliphatic rings. The largest absolute Gasteiger partial charge is 0.464 e. The molecule has 0 spiro atoms. The number of amides is 2. The molecule has 0 aromatic heterocycles. The Kier molecular flexibility index (Phi) is 4.24. The van der Waals surface area contributed by atoms with Crippen molar-refractivity contribution in [2.75, 3.05) is 18.1 Å². The molecule has 20 heavy (non-hydrogen) atoms. The van der Waals surface area contributed by atoms with Crippen LogP contribution >= 0.6 is 11.6 Å². The summed E-state index contributed by atoms with van der Waals surface area (Å²) in [6.07, 6.45) is 0. The van der Waals surface area contributed by atoms with Crippen molar-refractivity contribution in [1.82, 2.24) is 5.32 Å². The van der Waals surface area contributed by atoms with E-state index in [4.69, 9.17) is 16.3 Å². The maximum Gasteiger partial charge on any atom is 0.330 e. The second-order valence-electron chi connectivity index (χ2n) is 4.17. The topological polar surface area (TPSA) is 75.7 Å². The van der Waals surface area contributed by atoms with Gasteiger partial charge in [0.05, 0.1) is 13.2 Å². The van der Waals surface area contributed by atoms with Crippen LogP contribution in [0.2, 0.25) is 5.02 Å². The molecular formula is C13H13ClN2O4. The molecule has 1 fully saturated rings. The van der Waals surface area contributed by atoms with Crippen LogP contribution < -0.4 is 10.2 Å². The van der Waals surface area contributed by atoms with Crippen molar-refractivity contribution in [3.05, 3.63) is 29.3 Å². The van der Waals surface area contributed by atoms with Gasteiger partial charge in [0.2, 0.25) is 0 Å². The molecule has 1 aromatic rings. The number of benzene rings is 1. The number of hydrogen-bond donors (Lipinski definition) is 1. The van der Waals surface area contributed by atoms with Crippen LogP contribution in [0.1, 0.15) is 6.92 Å². The first kappa shape index (κ1) is 14.3. The number of nitrogens with zero attached hydrogens (tertiary/aromatic N) is 1. The van der Waals surface area contributed by atoms with Gasteiger partial charge in [0.25, 0.3) is 0 Å². The molecule has 0 bridgehead atoms. The molecule has 0 radical (unpaired) electrons. The SMILES string of the molecule is CCOC(=O)[C@H]1CN(c2ccc(Cl)cc2)C(=O)C(=O)N1. The quantitative estimate of drug-likeness (QED) is 0.659. The predicted molar refractivity (Wildman–Crippen MR) is 72.4 cm³/mol. The first-order chi connectivity index (χ1) is 9.52. The molecule has 1 heterocycles. The van der Waals surface area contributed by atoms with Gasteiger partial charge in [-0.1, -0.05) is 11.6 Å². The summed E-state index contributed by atoms with van der Waals surface area (Å²) in [5.41, 5.74) is 0.503. The van der Waals surface area contributed by atoms with E-state index >= 15 is 0 Å². The van der Waals surface area contributed by atoms with Gasteiger partial charge in [0, 0.05) is 10.7 Å². The van der Waals surface area contributed by atoms with Gasteiger partial charge < -0.3 is 15.0 Å². The minimum absolute atomic E-state index is 0.0328. The molecule has 6 nitrogen and oxygen atoms in total. The first-order valence-electron chi connectivity index (χ1n) is 6.07. The second-order valence-corrected chi connectivity index (χ2v) is 4.61. The monoisotopic (exact) mass is 296 g/mol. The van der Waals surface area contributed by atoms with Gasteiger partial charge in [-0.05, 0) is 31.2 Å². The zero-order valence-corrected chi connectivity index (χ0v) is 11.5. The fraction of sp³-hybridized carbons (Fsp3) is 0.308. The number of piperazine rings is 1. The van der Waals surface area contributed by atoms with Crippen molar-refractivity contribution < 1.29 is 19.1 Å². The zero-order chi connectivity index (χ0) is 14.7. The number of nitrogens with one attached hydrogen (secondary N) is 1. The fourth-order valence-corrected chi connectivity index (χ4v) is 2.00. The van der Waals surface area contributed by atoms with Crippen LogP contribution in [0, 0.1) is 0 Å². The number of rotatable bonds is 3. The Hall–Kier alpha value is -2.08. The molecule has 2 amide bonds. The second kappa shape index (κ2) is 5.92. The van der Waals surface area contributed by atoms with Gasteiger partial charge >= 0.3 is 17.8 Å². The maximum absolute atomic E-state index is 11.9. The highest BCUT2D eigenvalue weighted by Gasteiger charge is 2.37. The molecule has 1 atom stereocenters. The number of carbonyl (C=O) groups excluding carboxylic acids is 3. The summed E-state index contributed by atoms with van der Waals surface area (Å²) < 4.78 is 4.86. The van der Waals surface area contributed by atoms with E-state index in [0.29, 0.717) is 10.7 Å². The fourth-order valence-electron chi connectivity index (χ4n) is 1.87. The van der Waals surface area contributed by atoms with E-state index in [9.17, 15) is 14.4 Å². The van der Waals surface area contributed by atoms with E-state index in [1.54, 1.807) is 31.2 Å². The Morgan fingerprint density at radius 2 is 2.05 bits per heavy atom. The van der Waals surface area contributed by atoms with Crippen molar-refractivity contribution >= 4 is 35.1 Å². The molecule has 1 saturated heterocycles. The number of carbonyl (C=O) groups is 3. The van der Waals surface area contributed by atoms with Crippen LogP contribution in [0.3, 0.4) is 0 Å². The molecule has 0 saturated carbocycles. The van der Waals surface area contributed by atoms with Crippen molar-refractivity contribution in [2.24, 2.45) is 0 Å². The minimum Gasteiger partial charge on any atom is -0.464 e. The number of anilines is 1. The van der Waals surface area contributed by atoms with Crippen molar-refractivity contribution in [3.63, 3.8) is 0 Å². The highest BCUT2D eigenvalue weighted by molar-refractivity contribution is 6.41. The van der Waals surface area contributed by atoms with E-state index in [2.05, 4.69) is 5.32 Å². The van der Waals surface area contributed by atoms with E-state index in [-0.39, 0.29) is 13.2 Å². The Labute approximate surface area is 120 Å². The predicted octanol–water partition coefficient (Wildman–Crippen LogP) is 0.734. The maximum atomic E-state index is 11.9. The Morgan fingerprint density at radius 1 is 1.40 bits per heavy atom. The molecule has 106 valence electrons. The van der Waals surface area contributed by atoms with Gasteiger partial charge in [0.1, 0.15) is 6.04 Å². The van der Waals surface area contributed by atoms with Gasteiger partial charge in [-0.25, -0.2) is 4.79 Å². The highest BCUT2D eigenvalue weighted by Crippen LogP contribution is 2.20. The number of ether oxygens (including phenoxy) is 1. The summed E-state index contributed by atoms with van der Waals surface area (Å²) in [7, 11) is 0. The van der Waals surface area contributed by atoms with Crippen LogP contribution in [0.4, 0.5) is 5.69 Å². The molecular weight excluding hydrogens is 284 g/mol. The van der Waals surface area contributed by atoms with Gasteiger partial charge in [-0.3, -0.25) is 9.59 Å². The van der Waals surface area contributed by atoms with Crippen LogP contribution in [0.15, 0.2) is 24.3 Å². The Balaban J connectivity index is 2.22. The first-order valence-corrected chi connectivity index (χ1v) is 6.45. The molecule has 0 unspecified atom stereocenters. The smallest absolute Gasteiger partial charge is 0.330 e. The molecule has 1 aliphatic heterocycles. The minimum atomic E-state index is -0.865. The van der Waals surface area contributed by atoms with E-state index in [1.807, 2.05) is 0 Å². The average molecular weight is 297 g/mol. The lowest BCUT2D eigenvalue weighted by Crippen LogP contribution is -2.60. The van der Waals surface area contributed by atoms with Gasteiger partial charge in [-0.2, -0.15) is 0 Å². The third-order valence-electron chi connectivity index (χ3n) is 2.82. The third-order valence-corrected chi connectivity index (χ3v) is 3.07. The molecule has 0 aliphatic carbocycles. The van der Waals surface area contributed by atoms with Gasteiger partial charge in [-0.15, -0.1) is 0 Å². The van der Waals surface area contributed by atoms with Crippen LogP contribution in [0.5, 0.6) is 0 Å². The van der Waals surface area contributed by atoms with Crippen molar-refractivity contribution in [1.29, 1.82) is 0 Å². The molecule has 7 heteroatoms. The van der Waals surface area contributed by atoms with E-state index < -0.39 is 23.8 Å². The lowest BCUT2D eigenvalue weighted by molar-refractivity contribution is -0.149. The van der Waals surface area contributed by atoms with E-state index in [0.717, 1.165) is 0 Å². The van der Waals surface area contributed by atoms with Crippen molar-refractivity contribution in [3.8, 4) is 0 Å². The van der Waals surface area contributed by atoms with Gasteiger partial charge in [0.15, 0.2) is 0 Å². The molecule has 2 rings (SSSR count). The summed E-state index contributed by atoms with van der Waals surface area (Å²) in [5, 5.41) is 2.85. The third kappa shape index (κ3) is 2.91. The summed E-state index contributed by atoms with van der Waals surface area (Å²) in [5.74, 6) is -2.11. The summed E-state index contributed by atoms with van der Waals surface area (Å²) >= 11 is 5.78. The normalized spacial score (nSPS) is 18.7. The summed E-state index contributed by atoms with van der Waals surface area (Å²) in [4.78, 5) is 36.4. The van der Waals surface area contributed by atoms with Crippen LogP contribution in [-0.4, -0.2) is 37.0 Å². The molecule has 1 N–H and O–H groups in total. The summed E-state index contributed by atoms with van der Waals surface area (Å²) in [6.45, 7) is 1.91. The lowest BCUT2D eigenvalue weighted by Gasteiger charge is -2.31. The Morgan fingerprint density at radius 3 is 2.65 bits per heavy atom. The summed E-state index contributed by atoms with van der Waals surface area (Å²) in [6, 6.07) is 5.57. The standard InChI is InChI=1S/C13H13ClN2O4/c1-2-20-13(19)10-7-16(12(18)11(17)15-10)9-5-3-8(14)4-6-9/h3-6,10H,2,7H2,1H3,(H,15,17)/t10-/m1/s1. The molecule has 1 aromatic carbocycles. The highest BCUT2D eigenvalue weighted by atomic mass is 35.5. The van der Waals surface area contributed by atoms with Crippen molar-refractivity contribution in [2.45, 2.75) is 13.0 Å². The van der Waals surface area contributed by atoms with E-state index in [1.165, 1.54) is 4.90 Å². The average Bonchev–Trinajstić information content (AvgIpc) is 2.43. The lowest BCUT2D eigenvalue weighted by atomic mass is 10.1. The van der Waals surface area contributed by atoms with Crippen LogP contribution in [0.25, 0.3) is 0 Å². The number of esters is 1. The Bertz CT molecular complexity index is 544. The number of hydrogen-bond acceptors (Lipinski definition) is 4. The zero-order valence-electron chi connectivity index (χ0n) is 10.8. The number of halogens is 1.